The van der Waals surface area contributed by atoms with E-state index in [-0.39, 0.29) is 10.8 Å². The largest absolute Gasteiger partial charge is 0.309 e. The van der Waals surface area contributed by atoms with E-state index in [1.54, 1.807) is 0 Å². The fraction of sp³-hybridized carbons (Fsp3) is 0.250. The predicted octanol–water partition coefficient (Wildman–Crippen LogP) is 9.05. The van der Waals surface area contributed by atoms with Crippen LogP contribution in [0.3, 0.4) is 0 Å². The zero-order valence-corrected chi connectivity index (χ0v) is 20.6. The molecular weight excluding hydrogens is 398 g/mol. The summed E-state index contributed by atoms with van der Waals surface area (Å²) in [7, 11) is 0. The van der Waals surface area contributed by atoms with E-state index in [0.29, 0.717) is 0 Å². The van der Waals surface area contributed by atoms with E-state index in [1.165, 1.54) is 49.7 Å². The van der Waals surface area contributed by atoms with Gasteiger partial charge in [-0.25, -0.2) is 0 Å². The minimum atomic E-state index is -0.0157. The second-order valence-corrected chi connectivity index (χ2v) is 11.2. The van der Waals surface area contributed by atoms with Crippen LogP contribution in [0.4, 0.5) is 0 Å². The molecule has 5 rings (SSSR count). The average Bonchev–Trinajstić information content (AvgIpc) is 3.12. The Morgan fingerprint density at radius 1 is 0.576 bits per heavy atom. The third kappa shape index (κ3) is 3.66. The molecule has 33 heavy (non-hydrogen) atoms. The summed E-state index contributed by atoms with van der Waals surface area (Å²) in [4.78, 5) is 0. The van der Waals surface area contributed by atoms with Gasteiger partial charge in [0.15, 0.2) is 0 Å². The van der Waals surface area contributed by atoms with Crippen molar-refractivity contribution in [2.75, 3.05) is 0 Å². The zero-order chi connectivity index (χ0) is 23.4. The van der Waals surface area contributed by atoms with Crippen molar-refractivity contribution in [3.05, 3.63) is 102 Å². The maximum absolute atomic E-state index is 2.41. The normalized spacial score (nSPS) is 12.5. The van der Waals surface area contributed by atoms with Crippen molar-refractivity contribution < 1.29 is 0 Å². The molecule has 0 amide bonds. The van der Waals surface area contributed by atoms with Crippen molar-refractivity contribution in [3.8, 4) is 16.8 Å². The van der Waals surface area contributed by atoms with Gasteiger partial charge in [0, 0.05) is 16.5 Å². The second-order valence-electron chi connectivity index (χ2n) is 11.2. The summed E-state index contributed by atoms with van der Waals surface area (Å²) in [6.07, 6.45) is 0. The van der Waals surface area contributed by atoms with E-state index in [4.69, 9.17) is 0 Å². The van der Waals surface area contributed by atoms with Gasteiger partial charge in [-0.05, 0) is 57.3 Å². The van der Waals surface area contributed by atoms with Crippen molar-refractivity contribution >= 4 is 21.8 Å². The van der Waals surface area contributed by atoms with Crippen LogP contribution in [0.15, 0.2) is 91.0 Å². The topological polar surface area (TPSA) is 4.93 Å². The lowest BCUT2D eigenvalue weighted by Crippen LogP contribution is -2.14. The summed E-state index contributed by atoms with van der Waals surface area (Å²) in [5, 5.41) is 2.68. The highest BCUT2D eigenvalue weighted by Gasteiger charge is 2.26. The minimum Gasteiger partial charge on any atom is -0.309 e. The van der Waals surface area contributed by atoms with E-state index in [0.717, 1.165) is 0 Å². The maximum atomic E-state index is 2.41. The number of rotatable bonds is 2. The Morgan fingerprint density at radius 3 is 1.97 bits per heavy atom. The van der Waals surface area contributed by atoms with Gasteiger partial charge in [-0.3, -0.25) is 0 Å². The highest BCUT2D eigenvalue weighted by atomic mass is 15.0. The Bertz CT molecular complexity index is 1450. The molecule has 0 N–H and O–H groups in total. The Kier molecular flexibility index (Phi) is 4.97. The third-order valence-corrected chi connectivity index (χ3v) is 6.64. The highest BCUT2D eigenvalue weighted by Crippen LogP contribution is 2.44. The number of hydrogen-bond acceptors (Lipinski definition) is 0. The molecule has 0 spiro atoms. The van der Waals surface area contributed by atoms with E-state index in [2.05, 4.69) is 137 Å². The molecule has 0 fully saturated rings. The third-order valence-electron chi connectivity index (χ3n) is 6.64. The van der Waals surface area contributed by atoms with E-state index in [1.807, 2.05) is 0 Å². The van der Waals surface area contributed by atoms with Gasteiger partial charge >= 0.3 is 0 Å². The van der Waals surface area contributed by atoms with E-state index >= 15 is 0 Å². The van der Waals surface area contributed by atoms with Crippen LogP contribution in [0.25, 0.3) is 38.6 Å². The molecule has 166 valence electrons. The van der Waals surface area contributed by atoms with Crippen LogP contribution < -0.4 is 0 Å². The first-order valence-electron chi connectivity index (χ1n) is 11.9. The molecule has 0 aliphatic heterocycles. The summed E-state index contributed by atoms with van der Waals surface area (Å²) >= 11 is 0. The van der Waals surface area contributed by atoms with Gasteiger partial charge < -0.3 is 4.57 Å². The Labute approximate surface area is 197 Å². The molecule has 1 heterocycles. The number of hydrogen-bond donors (Lipinski definition) is 0. The second kappa shape index (κ2) is 7.63. The van der Waals surface area contributed by atoms with Crippen molar-refractivity contribution in [2.24, 2.45) is 0 Å². The first-order chi connectivity index (χ1) is 15.7. The van der Waals surface area contributed by atoms with Crippen molar-refractivity contribution in [3.63, 3.8) is 0 Å². The molecule has 0 saturated heterocycles. The number of fused-ring (bicyclic) bond motifs is 3. The Balaban J connectivity index is 1.92. The molecule has 0 unspecified atom stereocenters. The lowest BCUT2D eigenvalue weighted by atomic mass is 9.78. The van der Waals surface area contributed by atoms with Crippen LogP contribution >= 0.6 is 0 Å². The fourth-order valence-corrected chi connectivity index (χ4v) is 5.09. The molecule has 4 aromatic carbocycles. The standard InChI is InChI=1S/C32H33N/c1-31(2,3)23-14-12-13-22(21-23)25-19-20-28-29(30(25)32(4,5)6)26-17-10-11-18-27(26)33(28)24-15-8-7-9-16-24/h7-21H,1-6H3. The van der Waals surface area contributed by atoms with Gasteiger partial charge in [-0.1, -0.05) is 108 Å². The van der Waals surface area contributed by atoms with Crippen LogP contribution in [0, 0.1) is 0 Å². The summed E-state index contributed by atoms with van der Waals surface area (Å²) < 4.78 is 2.41. The molecule has 0 saturated carbocycles. The molecule has 0 bridgehead atoms. The van der Waals surface area contributed by atoms with Gasteiger partial charge in [-0.2, -0.15) is 0 Å². The van der Waals surface area contributed by atoms with E-state index < -0.39 is 0 Å². The van der Waals surface area contributed by atoms with Crippen molar-refractivity contribution in [1.82, 2.24) is 4.57 Å². The van der Waals surface area contributed by atoms with Crippen LogP contribution in [0.2, 0.25) is 0 Å². The molecule has 0 aliphatic rings. The SMILES string of the molecule is CC(C)(C)c1cccc(-c2ccc3c(c2C(C)(C)C)c2ccccc2n3-c2ccccc2)c1. The van der Waals surface area contributed by atoms with Crippen LogP contribution in [-0.2, 0) is 10.8 Å². The molecule has 5 aromatic rings. The summed E-state index contributed by atoms with van der Waals surface area (Å²) in [6.45, 7) is 13.9. The molecule has 0 atom stereocenters. The fourth-order valence-electron chi connectivity index (χ4n) is 5.09. The van der Waals surface area contributed by atoms with Gasteiger partial charge in [0.2, 0.25) is 0 Å². The number of para-hydroxylation sites is 2. The minimum absolute atomic E-state index is 0.0157. The summed E-state index contributed by atoms with van der Waals surface area (Å²) in [5.41, 5.74) is 9.23. The number of benzene rings is 4. The quantitative estimate of drug-likeness (QED) is 0.263. The van der Waals surface area contributed by atoms with Crippen LogP contribution in [-0.4, -0.2) is 4.57 Å². The average molecular weight is 432 g/mol. The molecule has 1 aromatic heterocycles. The molecule has 0 aliphatic carbocycles. The zero-order valence-electron chi connectivity index (χ0n) is 20.6. The molecule has 0 radical (unpaired) electrons. The maximum Gasteiger partial charge on any atom is 0.0544 e. The van der Waals surface area contributed by atoms with Gasteiger partial charge in [-0.15, -0.1) is 0 Å². The number of nitrogens with zero attached hydrogens (tertiary/aromatic N) is 1. The van der Waals surface area contributed by atoms with Crippen LogP contribution in [0.1, 0.15) is 52.7 Å². The van der Waals surface area contributed by atoms with Crippen LogP contribution in [0.5, 0.6) is 0 Å². The first kappa shape index (κ1) is 21.5. The van der Waals surface area contributed by atoms with Crippen molar-refractivity contribution in [2.45, 2.75) is 52.4 Å². The van der Waals surface area contributed by atoms with Gasteiger partial charge in [0.1, 0.15) is 0 Å². The van der Waals surface area contributed by atoms with Gasteiger partial charge in [0.25, 0.3) is 0 Å². The first-order valence-corrected chi connectivity index (χ1v) is 11.9. The number of aromatic nitrogens is 1. The monoisotopic (exact) mass is 431 g/mol. The van der Waals surface area contributed by atoms with Gasteiger partial charge in [0.05, 0.1) is 11.0 Å². The molecule has 1 nitrogen and oxygen atoms in total. The lowest BCUT2D eigenvalue weighted by Gasteiger charge is -2.26. The van der Waals surface area contributed by atoms with E-state index in [9.17, 15) is 0 Å². The summed E-state index contributed by atoms with van der Waals surface area (Å²) in [6, 6.07) is 33.3. The Hall–Kier alpha value is -3.32. The predicted molar refractivity (Wildman–Crippen MR) is 144 cm³/mol. The lowest BCUT2D eigenvalue weighted by molar-refractivity contribution is 0.590. The Morgan fingerprint density at radius 2 is 1.27 bits per heavy atom. The molecular formula is C32H33N. The van der Waals surface area contributed by atoms with Crippen molar-refractivity contribution in [1.29, 1.82) is 0 Å². The highest BCUT2D eigenvalue weighted by molar-refractivity contribution is 6.13. The smallest absolute Gasteiger partial charge is 0.0544 e. The summed E-state index contributed by atoms with van der Waals surface area (Å²) in [5.74, 6) is 0. The molecule has 1 heteroatoms.